The van der Waals surface area contributed by atoms with Crippen molar-refractivity contribution in [2.45, 2.75) is 26.2 Å². The van der Waals surface area contributed by atoms with Crippen LogP contribution in [-0.2, 0) is 0 Å². The topological polar surface area (TPSA) is 27.3 Å². The van der Waals surface area contributed by atoms with E-state index in [0.29, 0.717) is 5.92 Å². The summed E-state index contributed by atoms with van der Waals surface area (Å²) >= 11 is 0. The fraction of sp³-hybridized carbons (Fsp3) is 0.263. The van der Waals surface area contributed by atoms with Gasteiger partial charge in [0.15, 0.2) is 0 Å². The lowest BCUT2D eigenvalue weighted by atomic mass is 9.83. The summed E-state index contributed by atoms with van der Waals surface area (Å²) in [5, 5.41) is 2.15. The van der Waals surface area contributed by atoms with E-state index in [1.54, 1.807) is 0 Å². The van der Waals surface area contributed by atoms with Gasteiger partial charge in [-0.2, -0.15) is 0 Å². The molecular formula is C19H23N3. The Balaban J connectivity index is 2.33. The second kappa shape index (κ2) is 5.85. The minimum Gasteiger partial charge on any atom is -0.301 e. The summed E-state index contributed by atoms with van der Waals surface area (Å²) in [5.74, 6) is 0.438. The van der Waals surface area contributed by atoms with Gasteiger partial charge in [-0.05, 0) is 30.4 Å². The molecule has 1 unspecified atom stereocenters. The number of rotatable bonds is 3. The van der Waals surface area contributed by atoms with Crippen molar-refractivity contribution in [1.82, 2.24) is 16.0 Å². The average Bonchev–Trinajstić information content (AvgIpc) is 2.96. The quantitative estimate of drug-likeness (QED) is 0.885. The van der Waals surface area contributed by atoms with Crippen LogP contribution in [-0.4, -0.2) is 11.6 Å². The van der Waals surface area contributed by atoms with E-state index < -0.39 is 0 Å². The fourth-order valence-electron chi connectivity index (χ4n) is 3.36. The lowest BCUT2D eigenvalue weighted by Gasteiger charge is -2.26. The summed E-state index contributed by atoms with van der Waals surface area (Å²) in [4.78, 5) is 0. The van der Waals surface area contributed by atoms with E-state index in [4.69, 9.17) is 0 Å². The zero-order valence-corrected chi connectivity index (χ0v) is 13.3. The van der Waals surface area contributed by atoms with Gasteiger partial charge in [0, 0.05) is 17.7 Å². The molecule has 0 saturated carbocycles. The average molecular weight is 293 g/mol. The zero-order valence-electron chi connectivity index (χ0n) is 13.3. The van der Waals surface area contributed by atoms with Gasteiger partial charge >= 0.3 is 0 Å². The summed E-state index contributed by atoms with van der Waals surface area (Å²) in [7, 11) is 0. The molecule has 0 amide bonds. The highest BCUT2D eigenvalue weighted by molar-refractivity contribution is 5.76. The molecule has 1 heterocycles. The van der Waals surface area contributed by atoms with Gasteiger partial charge in [0.2, 0.25) is 0 Å². The van der Waals surface area contributed by atoms with Crippen molar-refractivity contribution in [2.24, 2.45) is 0 Å². The maximum absolute atomic E-state index is 4.02. The second-order valence-corrected chi connectivity index (χ2v) is 5.74. The number of hydrazine groups is 2. The van der Waals surface area contributed by atoms with Crippen molar-refractivity contribution in [3.63, 3.8) is 0 Å². The van der Waals surface area contributed by atoms with Crippen LogP contribution in [0.15, 0.2) is 66.4 Å². The number of hydrogen-bond acceptors (Lipinski definition) is 3. The maximum atomic E-state index is 4.02. The van der Waals surface area contributed by atoms with Crippen LogP contribution in [0.4, 0.5) is 0 Å². The van der Waals surface area contributed by atoms with Gasteiger partial charge in [0.1, 0.15) is 0 Å². The van der Waals surface area contributed by atoms with Gasteiger partial charge in [-0.1, -0.05) is 56.5 Å². The Morgan fingerprint density at radius 2 is 2.05 bits per heavy atom. The van der Waals surface area contributed by atoms with Crippen LogP contribution >= 0.6 is 0 Å². The Labute approximate surface area is 132 Å². The SMILES string of the molecule is C=C/C1=C(\C=C)C2=C(c3ccccc3C(C)C1)N(CC)NN2. The number of hydrogen-bond donors (Lipinski definition) is 2. The third kappa shape index (κ3) is 2.18. The highest BCUT2D eigenvalue weighted by Gasteiger charge is 2.29. The van der Waals surface area contributed by atoms with Gasteiger partial charge in [0.05, 0.1) is 11.4 Å². The van der Waals surface area contributed by atoms with Gasteiger partial charge in [-0.15, -0.1) is 5.53 Å². The molecule has 2 N–H and O–H groups in total. The third-order valence-corrected chi connectivity index (χ3v) is 4.48. The number of allylic oxidation sites excluding steroid dienone is 3. The van der Waals surface area contributed by atoms with Crippen LogP contribution in [0.1, 0.15) is 37.3 Å². The highest BCUT2D eigenvalue weighted by atomic mass is 15.7. The first kappa shape index (κ1) is 14.7. The molecule has 0 saturated heterocycles. The first-order valence-corrected chi connectivity index (χ1v) is 7.82. The lowest BCUT2D eigenvalue weighted by molar-refractivity contribution is 0.299. The Hall–Kier alpha value is -2.26. The van der Waals surface area contributed by atoms with E-state index in [-0.39, 0.29) is 0 Å². The molecule has 3 heteroatoms. The van der Waals surface area contributed by atoms with Gasteiger partial charge in [0.25, 0.3) is 0 Å². The van der Waals surface area contributed by atoms with E-state index in [1.165, 1.54) is 22.4 Å². The van der Waals surface area contributed by atoms with Crippen molar-refractivity contribution in [3.05, 3.63) is 77.5 Å². The number of nitrogens with zero attached hydrogens (tertiary/aromatic N) is 1. The predicted octanol–water partition coefficient (Wildman–Crippen LogP) is 3.88. The van der Waals surface area contributed by atoms with Crippen LogP contribution < -0.4 is 11.0 Å². The van der Waals surface area contributed by atoms with Gasteiger partial charge in [-0.25, -0.2) is 0 Å². The molecule has 1 aromatic carbocycles. The summed E-state index contributed by atoms with van der Waals surface area (Å²) in [5.41, 5.74) is 13.9. The Morgan fingerprint density at radius 3 is 2.73 bits per heavy atom. The van der Waals surface area contributed by atoms with Gasteiger partial charge in [-0.3, -0.25) is 5.01 Å². The van der Waals surface area contributed by atoms with Crippen molar-refractivity contribution >= 4 is 5.70 Å². The first-order valence-electron chi connectivity index (χ1n) is 7.82. The predicted molar refractivity (Wildman–Crippen MR) is 92.5 cm³/mol. The summed E-state index contributed by atoms with van der Waals surface area (Å²) in [6.45, 7) is 13.3. The molecule has 0 fully saturated rings. The number of nitrogens with one attached hydrogen (secondary N) is 2. The molecule has 114 valence electrons. The summed E-state index contributed by atoms with van der Waals surface area (Å²) in [6, 6.07) is 8.67. The largest absolute Gasteiger partial charge is 0.301 e. The normalized spacial score (nSPS) is 24.1. The number of benzene rings is 1. The minimum atomic E-state index is 0.438. The van der Waals surface area contributed by atoms with E-state index in [9.17, 15) is 0 Å². The Kier molecular flexibility index (Phi) is 3.90. The first-order chi connectivity index (χ1) is 10.7. The zero-order chi connectivity index (χ0) is 15.7. The Bertz CT molecular complexity index is 682. The van der Waals surface area contributed by atoms with E-state index in [2.05, 4.69) is 67.2 Å². The maximum Gasteiger partial charge on any atom is 0.0864 e. The Morgan fingerprint density at radius 1 is 1.27 bits per heavy atom. The molecule has 3 nitrogen and oxygen atoms in total. The van der Waals surface area contributed by atoms with E-state index in [1.807, 2.05) is 12.2 Å². The molecule has 0 spiro atoms. The molecule has 22 heavy (non-hydrogen) atoms. The standard InChI is InChI=1S/C19H23N3/c1-5-14-12-13(4)16-10-8-9-11-17(16)19-18(15(14)6-2)20-21-22(19)7-3/h5-6,8-11,13,20-21H,1-2,7,12H2,3-4H3/b15-14-. The summed E-state index contributed by atoms with van der Waals surface area (Å²) < 4.78 is 0. The van der Waals surface area contributed by atoms with Crippen LogP contribution in [0.2, 0.25) is 0 Å². The minimum absolute atomic E-state index is 0.438. The molecule has 1 aliphatic carbocycles. The molecular weight excluding hydrogens is 270 g/mol. The molecule has 0 aromatic heterocycles. The van der Waals surface area contributed by atoms with Gasteiger partial charge < -0.3 is 5.43 Å². The molecule has 1 aliphatic heterocycles. The molecule has 1 atom stereocenters. The lowest BCUT2D eigenvalue weighted by Crippen LogP contribution is -2.37. The molecule has 1 aromatic rings. The van der Waals surface area contributed by atoms with E-state index >= 15 is 0 Å². The van der Waals surface area contributed by atoms with Crippen LogP contribution in [0.5, 0.6) is 0 Å². The fourth-order valence-corrected chi connectivity index (χ4v) is 3.36. The summed E-state index contributed by atoms with van der Waals surface area (Å²) in [6.07, 6.45) is 4.86. The molecule has 0 radical (unpaired) electrons. The van der Waals surface area contributed by atoms with Crippen molar-refractivity contribution in [2.75, 3.05) is 6.54 Å². The van der Waals surface area contributed by atoms with E-state index in [0.717, 1.165) is 24.2 Å². The van der Waals surface area contributed by atoms with Crippen molar-refractivity contribution < 1.29 is 0 Å². The monoisotopic (exact) mass is 293 g/mol. The highest BCUT2D eigenvalue weighted by Crippen LogP contribution is 2.39. The smallest absolute Gasteiger partial charge is 0.0864 e. The number of fused-ring (bicyclic) bond motifs is 2. The molecule has 2 aliphatic rings. The van der Waals surface area contributed by atoms with Crippen molar-refractivity contribution in [3.8, 4) is 0 Å². The second-order valence-electron chi connectivity index (χ2n) is 5.74. The van der Waals surface area contributed by atoms with Crippen LogP contribution in [0.25, 0.3) is 5.70 Å². The van der Waals surface area contributed by atoms with Crippen LogP contribution in [0.3, 0.4) is 0 Å². The van der Waals surface area contributed by atoms with Crippen LogP contribution in [0, 0.1) is 0 Å². The molecule has 0 bridgehead atoms. The van der Waals surface area contributed by atoms with Crippen molar-refractivity contribution in [1.29, 1.82) is 0 Å². The third-order valence-electron chi connectivity index (χ3n) is 4.48. The molecule has 3 rings (SSSR count).